The van der Waals surface area contributed by atoms with Crippen LogP contribution in [0.1, 0.15) is 32.8 Å². The Balaban J connectivity index is 2.25. The summed E-state index contributed by atoms with van der Waals surface area (Å²) in [4.78, 5) is 26.0. The minimum atomic E-state index is -0.890. The molecule has 5 nitrogen and oxygen atoms in total. The second-order valence-electron chi connectivity index (χ2n) is 5.83. The van der Waals surface area contributed by atoms with Crippen LogP contribution in [0.15, 0.2) is 24.3 Å². The summed E-state index contributed by atoms with van der Waals surface area (Å²) >= 11 is 0. The van der Waals surface area contributed by atoms with Crippen molar-refractivity contribution < 1.29 is 14.7 Å². The zero-order valence-electron chi connectivity index (χ0n) is 12.0. The minimum Gasteiger partial charge on any atom is -0.508 e. The number of phenols is 1. The summed E-state index contributed by atoms with van der Waals surface area (Å²) in [7, 11) is 0. The summed E-state index contributed by atoms with van der Waals surface area (Å²) in [5.74, 6) is -0.00542. The lowest BCUT2D eigenvalue weighted by Gasteiger charge is -2.32. The van der Waals surface area contributed by atoms with E-state index in [1.54, 1.807) is 43.0 Å². The number of rotatable bonds is 2. The fourth-order valence-corrected chi connectivity index (χ4v) is 2.42. The average molecular weight is 276 g/mol. The second-order valence-corrected chi connectivity index (χ2v) is 5.83. The Bertz CT molecular complexity index is 522. The molecule has 0 saturated carbocycles. The van der Waals surface area contributed by atoms with Crippen molar-refractivity contribution in [2.75, 3.05) is 0 Å². The Kier molecular flexibility index (Phi) is 3.70. The summed E-state index contributed by atoms with van der Waals surface area (Å²) < 4.78 is 0. The molecule has 1 atom stereocenters. The average Bonchev–Trinajstić information content (AvgIpc) is 2.41. The molecule has 1 unspecified atom stereocenters. The standard InChI is InChI=1S/C15H20N2O3/c1-10-8-13(19)16-15(2,3)14(20)17(10)9-11-4-6-12(18)7-5-11/h4-7,10,18H,8-9H2,1-3H3,(H,16,19). The summed E-state index contributed by atoms with van der Waals surface area (Å²) in [5, 5.41) is 12.0. The number of hydrogen-bond donors (Lipinski definition) is 2. The molecule has 20 heavy (non-hydrogen) atoms. The van der Waals surface area contributed by atoms with Crippen molar-refractivity contribution in [1.29, 1.82) is 0 Å². The molecule has 1 aliphatic rings. The van der Waals surface area contributed by atoms with Gasteiger partial charge in [-0.3, -0.25) is 9.59 Å². The first-order valence-corrected chi connectivity index (χ1v) is 6.69. The van der Waals surface area contributed by atoms with Crippen molar-refractivity contribution in [3.8, 4) is 5.75 Å². The Morgan fingerprint density at radius 3 is 2.50 bits per heavy atom. The van der Waals surface area contributed by atoms with Crippen molar-refractivity contribution in [3.05, 3.63) is 29.8 Å². The molecule has 2 amide bonds. The van der Waals surface area contributed by atoms with E-state index in [4.69, 9.17) is 0 Å². The zero-order chi connectivity index (χ0) is 14.9. The Labute approximate surface area is 118 Å². The quantitative estimate of drug-likeness (QED) is 0.858. The number of nitrogens with one attached hydrogen (secondary N) is 1. The van der Waals surface area contributed by atoms with E-state index in [1.165, 1.54) is 0 Å². The highest BCUT2D eigenvalue weighted by Crippen LogP contribution is 2.21. The summed E-state index contributed by atoms with van der Waals surface area (Å²) in [6.07, 6.45) is 0.299. The van der Waals surface area contributed by atoms with Crippen LogP contribution in [0.3, 0.4) is 0 Å². The van der Waals surface area contributed by atoms with Crippen LogP contribution in [0.5, 0.6) is 5.75 Å². The van der Waals surface area contributed by atoms with E-state index in [9.17, 15) is 14.7 Å². The molecule has 1 saturated heterocycles. The van der Waals surface area contributed by atoms with Crippen molar-refractivity contribution >= 4 is 11.8 Å². The molecular weight excluding hydrogens is 256 g/mol. The Hall–Kier alpha value is -2.04. The molecule has 1 fully saturated rings. The van der Waals surface area contributed by atoms with Crippen LogP contribution in [0.2, 0.25) is 0 Å². The molecule has 1 aliphatic heterocycles. The molecule has 2 N–H and O–H groups in total. The van der Waals surface area contributed by atoms with Crippen molar-refractivity contribution in [1.82, 2.24) is 10.2 Å². The van der Waals surface area contributed by atoms with Gasteiger partial charge in [0.05, 0.1) is 0 Å². The number of nitrogens with zero attached hydrogens (tertiary/aromatic N) is 1. The SMILES string of the molecule is CC1CC(=O)NC(C)(C)C(=O)N1Cc1ccc(O)cc1. The van der Waals surface area contributed by atoms with Crippen LogP contribution in [0, 0.1) is 0 Å². The van der Waals surface area contributed by atoms with Gasteiger partial charge in [-0.2, -0.15) is 0 Å². The fraction of sp³-hybridized carbons (Fsp3) is 0.467. The van der Waals surface area contributed by atoms with Crippen molar-refractivity contribution in [2.45, 2.75) is 45.3 Å². The van der Waals surface area contributed by atoms with Crippen molar-refractivity contribution in [2.24, 2.45) is 0 Å². The summed E-state index contributed by atoms with van der Waals surface area (Å²) in [6, 6.07) is 6.59. The van der Waals surface area contributed by atoms with Gasteiger partial charge in [0.1, 0.15) is 11.3 Å². The van der Waals surface area contributed by atoms with Gasteiger partial charge in [-0.15, -0.1) is 0 Å². The third-order valence-electron chi connectivity index (χ3n) is 3.55. The van der Waals surface area contributed by atoms with Gasteiger partial charge in [0, 0.05) is 19.0 Å². The van der Waals surface area contributed by atoms with E-state index >= 15 is 0 Å². The summed E-state index contributed by atoms with van der Waals surface area (Å²) in [5.41, 5.74) is 0.0341. The maximum atomic E-state index is 12.6. The van der Waals surface area contributed by atoms with Gasteiger partial charge in [0.2, 0.25) is 11.8 Å². The molecule has 0 bridgehead atoms. The third kappa shape index (κ3) is 2.92. The topological polar surface area (TPSA) is 69.6 Å². The molecule has 0 aromatic heterocycles. The number of carbonyl (C=O) groups is 2. The van der Waals surface area contributed by atoms with E-state index in [0.29, 0.717) is 13.0 Å². The normalized spacial score (nSPS) is 22.4. The van der Waals surface area contributed by atoms with E-state index in [2.05, 4.69) is 5.32 Å². The van der Waals surface area contributed by atoms with Gasteiger partial charge >= 0.3 is 0 Å². The molecule has 1 aromatic carbocycles. The molecule has 5 heteroatoms. The van der Waals surface area contributed by atoms with Crippen molar-refractivity contribution in [3.63, 3.8) is 0 Å². The lowest BCUT2D eigenvalue weighted by atomic mass is 10.0. The van der Waals surface area contributed by atoms with Crippen LogP contribution >= 0.6 is 0 Å². The van der Waals surface area contributed by atoms with Crippen LogP contribution in [-0.2, 0) is 16.1 Å². The predicted octanol–water partition coefficient (Wildman–Crippen LogP) is 1.41. The molecular formula is C15H20N2O3. The van der Waals surface area contributed by atoms with Gasteiger partial charge in [-0.1, -0.05) is 12.1 Å². The number of carbonyl (C=O) groups excluding carboxylic acids is 2. The fourth-order valence-electron chi connectivity index (χ4n) is 2.42. The van der Waals surface area contributed by atoms with Crippen LogP contribution in [-0.4, -0.2) is 33.4 Å². The monoisotopic (exact) mass is 276 g/mol. The smallest absolute Gasteiger partial charge is 0.248 e. The number of hydrogen-bond acceptors (Lipinski definition) is 3. The number of phenolic OH excluding ortho intramolecular Hbond substituents is 1. The van der Waals surface area contributed by atoms with Gasteiger partial charge in [0.25, 0.3) is 0 Å². The second kappa shape index (κ2) is 5.15. The molecule has 0 spiro atoms. The lowest BCUT2D eigenvalue weighted by molar-refractivity contribution is -0.139. The molecule has 1 heterocycles. The number of aromatic hydroxyl groups is 1. The first-order valence-electron chi connectivity index (χ1n) is 6.69. The van der Waals surface area contributed by atoms with Gasteiger partial charge < -0.3 is 15.3 Å². The highest BCUT2D eigenvalue weighted by atomic mass is 16.3. The highest BCUT2D eigenvalue weighted by Gasteiger charge is 2.39. The molecule has 0 radical (unpaired) electrons. The molecule has 2 rings (SSSR count). The van der Waals surface area contributed by atoms with Gasteiger partial charge in [0.15, 0.2) is 0 Å². The molecule has 108 valence electrons. The van der Waals surface area contributed by atoms with E-state index in [0.717, 1.165) is 5.56 Å². The van der Waals surface area contributed by atoms with Gasteiger partial charge in [-0.25, -0.2) is 0 Å². The highest BCUT2D eigenvalue weighted by molar-refractivity contribution is 5.93. The van der Waals surface area contributed by atoms with Crippen LogP contribution < -0.4 is 5.32 Å². The van der Waals surface area contributed by atoms with E-state index < -0.39 is 5.54 Å². The first-order chi connectivity index (χ1) is 9.29. The van der Waals surface area contributed by atoms with Gasteiger partial charge in [-0.05, 0) is 38.5 Å². The first kappa shape index (κ1) is 14.4. The molecule has 0 aliphatic carbocycles. The zero-order valence-corrected chi connectivity index (χ0v) is 12.0. The number of amides is 2. The van der Waals surface area contributed by atoms with Crippen LogP contribution in [0.4, 0.5) is 0 Å². The maximum Gasteiger partial charge on any atom is 0.248 e. The lowest BCUT2D eigenvalue weighted by Crippen LogP contribution is -2.53. The van der Waals surface area contributed by atoms with E-state index in [-0.39, 0.29) is 23.6 Å². The Morgan fingerprint density at radius 1 is 1.30 bits per heavy atom. The largest absolute Gasteiger partial charge is 0.508 e. The minimum absolute atomic E-state index is 0.0936. The third-order valence-corrected chi connectivity index (χ3v) is 3.55. The van der Waals surface area contributed by atoms with E-state index in [1.807, 2.05) is 6.92 Å². The van der Waals surface area contributed by atoms with Crippen LogP contribution in [0.25, 0.3) is 0 Å². The maximum absolute atomic E-state index is 12.6. The number of benzene rings is 1. The Morgan fingerprint density at radius 2 is 1.90 bits per heavy atom. The summed E-state index contributed by atoms with van der Waals surface area (Å²) in [6.45, 7) is 5.74. The predicted molar refractivity (Wildman–Crippen MR) is 75.0 cm³/mol. The molecule has 1 aromatic rings.